The van der Waals surface area contributed by atoms with Gasteiger partial charge in [0.2, 0.25) is 0 Å². The Morgan fingerprint density at radius 1 is 0.977 bits per heavy atom. The summed E-state index contributed by atoms with van der Waals surface area (Å²) >= 11 is 0. The van der Waals surface area contributed by atoms with Gasteiger partial charge in [0.05, 0.1) is 7.11 Å². The summed E-state index contributed by atoms with van der Waals surface area (Å²) in [6, 6.07) is 17.6. The van der Waals surface area contributed by atoms with Crippen LogP contribution in [0.15, 0.2) is 92.3 Å². The number of hydrogen-bond donors (Lipinski definition) is 0. The van der Waals surface area contributed by atoms with E-state index < -0.39 is 0 Å². The van der Waals surface area contributed by atoms with E-state index in [-0.39, 0.29) is 0 Å². The van der Waals surface area contributed by atoms with Crippen LogP contribution in [0.4, 0.5) is 0 Å². The second kappa shape index (κ2) is 23.0. The molecule has 0 amide bonds. The Bertz CT molecular complexity index is 1110. The number of aryl methyl sites for hydroxylation is 1. The van der Waals surface area contributed by atoms with Crippen molar-refractivity contribution in [3.05, 3.63) is 97.8 Å². The highest BCUT2D eigenvalue weighted by Crippen LogP contribution is 2.42. The van der Waals surface area contributed by atoms with Crippen LogP contribution in [0.3, 0.4) is 0 Å². The molecule has 0 aromatic heterocycles. The molecule has 2 aromatic rings. The number of ether oxygens (including phenoxy) is 1. The van der Waals surface area contributed by atoms with Gasteiger partial charge in [-0.25, -0.2) is 0 Å². The van der Waals surface area contributed by atoms with Gasteiger partial charge in [-0.3, -0.25) is 4.31 Å². The molecular formula is C39H62N2OS. The molecule has 2 aromatic carbocycles. The van der Waals surface area contributed by atoms with Crippen molar-refractivity contribution >= 4 is 27.3 Å². The van der Waals surface area contributed by atoms with Gasteiger partial charge in [-0.1, -0.05) is 92.9 Å². The van der Waals surface area contributed by atoms with Gasteiger partial charge < -0.3 is 9.64 Å². The van der Waals surface area contributed by atoms with E-state index in [4.69, 9.17) is 4.74 Å². The minimum Gasteiger partial charge on any atom is -0.497 e. The number of hydrogen-bond acceptors (Lipinski definition) is 3. The van der Waals surface area contributed by atoms with Crippen molar-refractivity contribution in [2.45, 2.75) is 104 Å². The lowest BCUT2D eigenvalue weighted by Gasteiger charge is -2.36. The maximum Gasteiger partial charge on any atom is 0.118 e. The fourth-order valence-electron chi connectivity index (χ4n) is 6.21. The number of likely N-dealkylation sites (tertiary alicyclic amines) is 1. The van der Waals surface area contributed by atoms with Crippen molar-refractivity contribution in [3.63, 3.8) is 0 Å². The summed E-state index contributed by atoms with van der Waals surface area (Å²) in [6.07, 6.45) is 20.2. The lowest BCUT2D eigenvalue weighted by atomic mass is 10.1. The zero-order valence-electron chi connectivity index (χ0n) is 28.4. The summed E-state index contributed by atoms with van der Waals surface area (Å²) in [6.45, 7) is 18.9. The predicted octanol–water partition coefficient (Wildman–Crippen LogP) is 10.7. The molecule has 0 spiro atoms. The minimum atomic E-state index is 0.299. The highest BCUT2D eigenvalue weighted by atomic mass is 32.2. The molecule has 4 unspecified atom stereocenters. The average molecular weight is 607 g/mol. The van der Waals surface area contributed by atoms with Crippen LogP contribution in [-0.4, -0.2) is 59.7 Å². The summed E-state index contributed by atoms with van der Waals surface area (Å²) < 4.78 is 7.76. The quantitative estimate of drug-likeness (QED) is 0.129. The third kappa shape index (κ3) is 13.4. The van der Waals surface area contributed by atoms with Crippen molar-refractivity contribution in [2.75, 3.05) is 26.5 Å². The first kappa shape index (κ1) is 38.6. The molecule has 0 saturated carbocycles. The van der Waals surface area contributed by atoms with Gasteiger partial charge in [-0.2, -0.15) is 0 Å². The van der Waals surface area contributed by atoms with E-state index in [2.05, 4.69) is 91.2 Å². The number of rotatable bonds is 8. The molecule has 0 aliphatic carbocycles. The fraction of sp³-hybridized carbons (Fsp3) is 0.513. The smallest absolute Gasteiger partial charge is 0.118 e. The molecule has 43 heavy (non-hydrogen) atoms. The van der Waals surface area contributed by atoms with Gasteiger partial charge in [0, 0.05) is 23.9 Å². The number of nitrogens with zero attached hydrogens (tertiary/aromatic N) is 2. The molecule has 4 atom stereocenters. The van der Waals surface area contributed by atoms with E-state index in [1.165, 1.54) is 86.4 Å². The highest BCUT2D eigenvalue weighted by Gasteiger charge is 2.37. The van der Waals surface area contributed by atoms with E-state index in [0.29, 0.717) is 10.7 Å². The van der Waals surface area contributed by atoms with Gasteiger partial charge in [0.15, 0.2) is 0 Å². The second-order valence-electron chi connectivity index (χ2n) is 11.1. The van der Waals surface area contributed by atoms with Crippen LogP contribution in [0, 0.1) is 6.92 Å². The van der Waals surface area contributed by atoms with E-state index >= 15 is 0 Å². The number of fused-ring (bicyclic) bond motifs is 3. The second-order valence-corrected chi connectivity index (χ2v) is 12.9. The lowest BCUT2D eigenvalue weighted by molar-refractivity contribution is 0.268. The van der Waals surface area contributed by atoms with Crippen LogP contribution < -0.4 is 0 Å². The summed E-state index contributed by atoms with van der Waals surface area (Å²) in [5, 5.41) is 2.64. The van der Waals surface area contributed by atoms with E-state index in [1.54, 1.807) is 19.3 Å². The molecule has 0 N–H and O–H groups in total. The molecule has 3 fully saturated rings. The maximum atomic E-state index is 4.93. The Kier molecular flexibility index (Phi) is 20.7. The fourth-order valence-corrected chi connectivity index (χ4v) is 8.18. The summed E-state index contributed by atoms with van der Waals surface area (Å²) in [5.74, 6) is 6.70. The predicted molar refractivity (Wildman–Crippen MR) is 198 cm³/mol. The Morgan fingerprint density at radius 2 is 1.63 bits per heavy atom. The van der Waals surface area contributed by atoms with Gasteiger partial charge in [0.1, 0.15) is 5.76 Å². The van der Waals surface area contributed by atoms with Crippen LogP contribution in [0.5, 0.6) is 0 Å². The molecule has 2 bridgehead atoms. The van der Waals surface area contributed by atoms with Crippen molar-refractivity contribution in [1.82, 2.24) is 9.21 Å². The van der Waals surface area contributed by atoms with Crippen molar-refractivity contribution in [3.8, 4) is 0 Å². The third-order valence-corrected chi connectivity index (χ3v) is 10.2. The van der Waals surface area contributed by atoms with E-state index in [9.17, 15) is 0 Å². The topological polar surface area (TPSA) is 15.7 Å². The first-order valence-corrected chi connectivity index (χ1v) is 17.9. The number of methoxy groups -OCH3 is 1. The molecule has 3 nitrogen and oxygen atoms in total. The Balaban J connectivity index is 0.000000330. The van der Waals surface area contributed by atoms with Gasteiger partial charge >= 0.3 is 0 Å². The average Bonchev–Trinajstić information content (AvgIpc) is 3.57. The van der Waals surface area contributed by atoms with Crippen molar-refractivity contribution in [2.24, 2.45) is 0 Å². The van der Waals surface area contributed by atoms with Crippen LogP contribution in [0.25, 0.3) is 10.8 Å². The number of benzene rings is 2. The van der Waals surface area contributed by atoms with Crippen LogP contribution in [0.2, 0.25) is 0 Å². The molecule has 5 rings (SSSR count). The van der Waals surface area contributed by atoms with Gasteiger partial charge in [0.25, 0.3) is 0 Å². The first-order valence-electron chi connectivity index (χ1n) is 16.4. The van der Waals surface area contributed by atoms with Crippen LogP contribution in [0.1, 0.15) is 84.1 Å². The maximum absolute atomic E-state index is 4.93. The zero-order valence-corrected chi connectivity index (χ0v) is 29.2. The van der Waals surface area contributed by atoms with Crippen LogP contribution in [-0.2, 0) is 4.74 Å². The highest BCUT2D eigenvalue weighted by molar-refractivity contribution is 8.12. The van der Waals surface area contributed by atoms with Crippen LogP contribution >= 0.6 is 10.7 Å². The first-order chi connectivity index (χ1) is 21.0. The Labute approximate surface area is 268 Å². The minimum absolute atomic E-state index is 0.299. The third-order valence-electron chi connectivity index (χ3n) is 8.27. The molecule has 4 heteroatoms. The SMILES string of the molecule is C=C.C=C/C=C(\C=C/C)OC.C=S(CCCC1CCCN1C)N1C2CCCC1CC2.CC.Cc1ccc2ccccc2c1. The molecule has 3 heterocycles. The monoisotopic (exact) mass is 606 g/mol. The number of piperidine rings is 1. The standard InChI is InChI=1S/C16H30N2S.C11H10.C8H12O.C2H6.C2H4/c1-17-12-4-8-14(17)9-5-13-19(2)18-15-6-3-7-16(18)11-10-15;1-9-6-7-10-4-2-3-5-11(10)8-9;1-4-6-8(9-3)7-5-2;2*1-2/h14-16H,2-13H2,1H3;2-8H,1H3;4-7H,1H2,2-3H3;1-2H3;1-2H2/b;;7-5-,8-6+;;. The molecule has 0 radical (unpaired) electrons. The molecule has 3 aliphatic heterocycles. The Morgan fingerprint density at radius 3 is 2.19 bits per heavy atom. The van der Waals surface area contributed by atoms with E-state index in [1.807, 2.05) is 32.9 Å². The molecule has 3 aliphatic rings. The summed E-state index contributed by atoms with van der Waals surface area (Å²) in [4.78, 5) is 2.56. The number of allylic oxidation sites excluding steroid dienone is 4. The Hall–Kier alpha value is -2.40. The lowest BCUT2D eigenvalue weighted by Crippen LogP contribution is -2.35. The van der Waals surface area contributed by atoms with E-state index in [0.717, 1.165) is 23.9 Å². The normalized spacial score (nSPS) is 22.1. The summed E-state index contributed by atoms with van der Waals surface area (Å²) in [5.41, 5.74) is 1.32. The van der Waals surface area contributed by atoms with Crippen molar-refractivity contribution < 1.29 is 4.74 Å². The molecule has 240 valence electrons. The molecular weight excluding hydrogens is 545 g/mol. The van der Waals surface area contributed by atoms with Gasteiger partial charge in [-0.15, -0.1) is 23.8 Å². The largest absolute Gasteiger partial charge is 0.497 e. The zero-order chi connectivity index (χ0) is 32.0. The summed E-state index contributed by atoms with van der Waals surface area (Å²) in [7, 11) is 4.23. The van der Waals surface area contributed by atoms with Gasteiger partial charge in [-0.05, 0) is 102 Å². The van der Waals surface area contributed by atoms with Crippen molar-refractivity contribution in [1.29, 1.82) is 0 Å². The molecule has 3 saturated heterocycles.